The molecule has 0 unspecified atom stereocenters. The topological polar surface area (TPSA) is 49.9 Å². The monoisotopic (exact) mass is 213 g/mol. The average Bonchev–Trinajstić information content (AvgIpc) is 2.18. The highest BCUT2D eigenvalue weighted by Crippen LogP contribution is 1.99. The van der Waals surface area contributed by atoms with Crippen LogP contribution in [0, 0.1) is 4.64 Å². The van der Waals surface area contributed by atoms with E-state index in [9.17, 15) is 0 Å². The van der Waals surface area contributed by atoms with Gasteiger partial charge in [0, 0.05) is 25.8 Å². The van der Waals surface area contributed by atoms with Crippen molar-refractivity contribution in [2.24, 2.45) is 0 Å². The summed E-state index contributed by atoms with van der Waals surface area (Å²) in [6.45, 7) is 4.43. The standard InChI is InChI=1S/C9H15N3OS/c1-2-13-5-3-4-10-8-6-9(14)12-7-11-8/h6-7H,2-5H2,1H3,(H2,10,11,12,14). The molecule has 2 N–H and O–H groups in total. The van der Waals surface area contributed by atoms with Crippen LogP contribution in [0.5, 0.6) is 0 Å². The lowest BCUT2D eigenvalue weighted by Gasteiger charge is -2.05. The zero-order chi connectivity index (χ0) is 10.2. The molecule has 0 saturated carbocycles. The molecule has 0 aliphatic heterocycles. The minimum absolute atomic E-state index is 0.594. The van der Waals surface area contributed by atoms with Gasteiger partial charge in [0.05, 0.1) is 6.33 Å². The van der Waals surface area contributed by atoms with E-state index in [1.54, 1.807) is 12.4 Å². The average molecular weight is 213 g/mol. The summed E-state index contributed by atoms with van der Waals surface area (Å²) in [4.78, 5) is 6.86. The third kappa shape index (κ3) is 4.34. The van der Waals surface area contributed by atoms with Crippen molar-refractivity contribution < 1.29 is 4.74 Å². The van der Waals surface area contributed by atoms with Crippen molar-refractivity contribution in [3.8, 4) is 0 Å². The van der Waals surface area contributed by atoms with Crippen molar-refractivity contribution in [3.05, 3.63) is 17.0 Å². The molecule has 0 saturated heterocycles. The summed E-state index contributed by atoms with van der Waals surface area (Å²) in [5, 5.41) is 3.20. The summed E-state index contributed by atoms with van der Waals surface area (Å²) in [6, 6.07) is 1.80. The lowest BCUT2D eigenvalue weighted by atomic mass is 10.4. The molecule has 78 valence electrons. The van der Waals surface area contributed by atoms with Crippen LogP contribution in [-0.4, -0.2) is 29.7 Å². The molecule has 0 spiro atoms. The van der Waals surface area contributed by atoms with Gasteiger partial charge in [-0.1, -0.05) is 12.2 Å². The van der Waals surface area contributed by atoms with Gasteiger partial charge >= 0.3 is 0 Å². The van der Waals surface area contributed by atoms with Gasteiger partial charge in [-0.25, -0.2) is 4.98 Å². The molecule has 0 aliphatic rings. The molecule has 1 heterocycles. The number of ether oxygens (including phenoxy) is 1. The number of aromatic amines is 1. The third-order valence-electron chi connectivity index (χ3n) is 1.66. The Labute approximate surface area is 88.7 Å². The number of anilines is 1. The van der Waals surface area contributed by atoms with Gasteiger partial charge in [0.2, 0.25) is 0 Å². The fourth-order valence-corrected chi connectivity index (χ4v) is 1.18. The summed E-state index contributed by atoms with van der Waals surface area (Å²) in [7, 11) is 0. The van der Waals surface area contributed by atoms with Crippen molar-refractivity contribution in [2.45, 2.75) is 13.3 Å². The number of hydrogen-bond donors (Lipinski definition) is 2. The van der Waals surface area contributed by atoms with E-state index in [1.165, 1.54) is 0 Å². The largest absolute Gasteiger partial charge is 0.382 e. The molecule has 1 aromatic heterocycles. The van der Waals surface area contributed by atoms with Crippen LogP contribution in [0.2, 0.25) is 0 Å². The van der Waals surface area contributed by atoms with Gasteiger partial charge < -0.3 is 15.0 Å². The van der Waals surface area contributed by atoms with Gasteiger partial charge in [0.25, 0.3) is 0 Å². The lowest BCUT2D eigenvalue weighted by molar-refractivity contribution is 0.147. The van der Waals surface area contributed by atoms with Crippen LogP contribution < -0.4 is 5.32 Å². The molecular formula is C9H15N3OS. The summed E-state index contributed by atoms with van der Waals surface area (Å²) in [6.07, 6.45) is 2.57. The van der Waals surface area contributed by atoms with Crippen LogP contribution in [0.25, 0.3) is 0 Å². The van der Waals surface area contributed by atoms with Gasteiger partial charge in [-0.05, 0) is 13.3 Å². The van der Waals surface area contributed by atoms with Crippen LogP contribution in [0.15, 0.2) is 12.4 Å². The molecule has 1 aromatic rings. The Kier molecular flexibility index (Phi) is 5.17. The lowest BCUT2D eigenvalue weighted by Crippen LogP contribution is -2.06. The van der Waals surface area contributed by atoms with E-state index in [1.807, 2.05) is 6.92 Å². The zero-order valence-electron chi connectivity index (χ0n) is 8.25. The summed E-state index contributed by atoms with van der Waals surface area (Å²) >= 11 is 4.92. The molecule has 5 heteroatoms. The molecule has 1 rings (SSSR count). The SMILES string of the molecule is CCOCCCNc1cc(=S)nc[nH]1. The van der Waals surface area contributed by atoms with Crippen LogP contribution in [-0.2, 0) is 4.74 Å². The van der Waals surface area contributed by atoms with Crippen LogP contribution in [0.1, 0.15) is 13.3 Å². The molecule has 4 nitrogen and oxygen atoms in total. The van der Waals surface area contributed by atoms with E-state index >= 15 is 0 Å². The normalized spacial score (nSPS) is 10.1. The molecule has 0 fully saturated rings. The summed E-state index contributed by atoms with van der Waals surface area (Å²) in [5.74, 6) is 0.904. The smallest absolute Gasteiger partial charge is 0.131 e. The maximum Gasteiger partial charge on any atom is 0.131 e. The minimum Gasteiger partial charge on any atom is -0.382 e. The van der Waals surface area contributed by atoms with Crippen LogP contribution in [0.4, 0.5) is 5.82 Å². The van der Waals surface area contributed by atoms with Crippen LogP contribution >= 0.6 is 12.2 Å². The second-order valence-electron chi connectivity index (χ2n) is 2.78. The highest BCUT2D eigenvalue weighted by Gasteiger charge is 1.91. The third-order valence-corrected chi connectivity index (χ3v) is 1.89. The number of hydrogen-bond acceptors (Lipinski definition) is 4. The van der Waals surface area contributed by atoms with Gasteiger partial charge in [-0.15, -0.1) is 0 Å². The first kappa shape index (κ1) is 11.1. The zero-order valence-corrected chi connectivity index (χ0v) is 9.06. The van der Waals surface area contributed by atoms with Gasteiger partial charge in [0.1, 0.15) is 10.5 Å². The fraction of sp³-hybridized carbons (Fsp3) is 0.556. The molecule has 0 bridgehead atoms. The van der Waals surface area contributed by atoms with E-state index in [2.05, 4.69) is 15.3 Å². The summed E-state index contributed by atoms with van der Waals surface area (Å²) < 4.78 is 5.81. The highest BCUT2D eigenvalue weighted by molar-refractivity contribution is 7.71. The molecule has 0 aliphatic carbocycles. The van der Waals surface area contributed by atoms with E-state index < -0.39 is 0 Å². The Bertz CT molecular complexity index is 313. The quantitative estimate of drug-likeness (QED) is 0.560. The van der Waals surface area contributed by atoms with E-state index in [4.69, 9.17) is 17.0 Å². The van der Waals surface area contributed by atoms with E-state index in [-0.39, 0.29) is 0 Å². The molecule has 0 amide bonds. The maximum absolute atomic E-state index is 5.21. The number of nitrogens with zero attached hydrogens (tertiary/aromatic N) is 1. The van der Waals surface area contributed by atoms with E-state index in [0.717, 1.165) is 32.0 Å². The number of rotatable bonds is 6. The first-order chi connectivity index (χ1) is 6.83. The van der Waals surface area contributed by atoms with Crippen molar-refractivity contribution >= 4 is 18.0 Å². The minimum atomic E-state index is 0.594. The molecule has 0 atom stereocenters. The second kappa shape index (κ2) is 6.50. The molecule has 0 aromatic carbocycles. The Balaban J connectivity index is 2.21. The van der Waals surface area contributed by atoms with Crippen molar-refractivity contribution in [1.82, 2.24) is 9.97 Å². The fourth-order valence-electron chi connectivity index (χ4n) is 1.01. The van der Waals surface area contributed by atoms with Crippen molar-refractivity contribution in [3.63, 3.8) is 0 Å². The van der Waals surface area contributed by atoms with Gasteiger partial charge in [-0.2, -0.15) is 0 Å². The van der Waals surface area contributed by atoms with Crippen LogP contribution in [0.3, 0.4) is 0 Å². The Morgan fingerprint density at radius 2 is 2.50 bits per heavy atom. The molecular weight excluding hydrogens is 198 g/mol. The van der Waals surface area contributed by atoms with Gasteiger partial charge in [-0.3, -0.25) is 0 Å². The first-order valence-corrected chi connectivity index (χ1v) is 5.10. The number of nitrogens with one attached hydrogen (secondary N) is 2. The Morgan fingerprint density at radius 1 is 1.64 bits per heavy atom. The number of aromatic nitrogens is 2. The Morgan fingerprint density at radius 3 is 3.21 bits per heavy atom. The first-order valence-electron chi connectivity index (χ1n) is 4.69. The molecule has 14 heavy (non-hydrogen) atoms. The predicted molar refractivity (Wildman–Crippen MR) is 59.0 cm³/mol. The highest BCUT2D eigenvalue weighted by atomic mass is 32.1. The second-order valence-corrected chi connectivity index (χ2v) is 3.19. The predicted octanol–water partition coefficient (Wildman–Crippen LogP) is 1.98. The van der Waals surface area contributed by atoms with Crippen molar-refractivity contribution in [1.29, 1.82) is 0 Å². The van der Waals surface area contributed by atoms with Gasteiger partial charge in [0.15, 0.2) is 0 Å². The Hall–Kier alpha value is -0.940. The number of H-pyrrole nitrogens is 1. The summed E-state index contributed by atoms with van der Waals surface area (Å²) in [5.41, 5.74) is 0. The molecule has 0 radical (unpaired) electrons. The van der Waals surface area contributed by atoms with E-state index in [0.29, 0.717) is 4.64 Å². The maximum atomic E-state index is 5.21. The van der Waals surface area contributed by atoms with Crippen molar-refractivity contribution in [2.75, 3.05) is 25.1 Å².